The van der Waals surface area contributed by atoms with E-state index in [4.69, 9.17) is 0 Å². The van der Waals surface area contributed by atoms with Gasteiger partial charge in [0.05, 0.1) is 0 Å². The van der Waals surface area contributed by atoms with Gasteiger partial charge in [0.2, 0.25) is 0 Å². The normalized spacial score (nSPS) is 27.4. The Labute approximate surface area is 109 Å². The summed E-state index contributed by atoms with van der Waals surface area (Å²) in [5.41, 5.74) is 0.602. The van der Waals surface area contributed by atoms with Gasteiger partial charge >= 0.3 is 0 Å². The van der Waals surface area contributed by atoms with Gasteiger partial charge in [0.1, 0.15) is 5.41 Å². The topological polar surface area (TPSA) is 17.1 Å². The van der Waals surface area contributed by atoms with Crippen LogP contribution in [-0.4, -0.2) is 5.78 Å². The fourth-order valence-electron chi connectivity index (χ4n) is 2.71. The molecule has 18 heavy (non-hydrogen) atoms. The highest BCUT2D eigenvalue weighted by Gasteiger charge is 2.40. The molecule has 0 N–H and O–H groups in total. The van der Waals surface area contributed by atoms with Crippen molar-refractivity contribution in [3.63, 3.8) is 0 Å². The Morgan fingerprint density at radius 2 is 1.89 bits per heavy atom. The first kappa shape index (κ1) is 11.5. The highest BCUT2D eigenvalue weighted by atomic mass is 16.1. The molecule has 0 aromatic heterocycles. The lowest BCUT2D eigenvalue weighted by molar-refractivity contribution is -0.124. The van der Waals surface area contributed by atoms with E-state index >= 15 is 0 Å². The van der Waals surface area contributed by atoms with Crippen LogP contribution in [0.25, 0.3) is 0 Å². The monoisotopic (exact) mass is 238 g/mol. The van der Waals surface area contributed by atoms with Crippen LogP contribution in [0.15, 0.2) is 30.3 Å². The molecule has 0 heterocycles. The van der Waals surface area contributed by atoms with Crippen LogP contribution in [0.1, 0.15) is 44.1 Å². The minimum atomic E-state index is -0.498. The van der Waals surface area contributed by atoms with Crippen molar-refractivity contribution in [2.45, 2.75) is 43.9 Å². The van der Waals surface area contributed by atoms with E-state index in [0.717, 1.165) is 24.8 Å². The number of carbonyl (C=O) groups excluding carboxylic acids is 1. The van der Waals surface area contributed by atoms with Gasteiger partial charge < -0.3 is 0 Å². The fourth-order valence-corrected chi connectivity index (χ4v) is 2.71. The Kier molecular flexibility index (Phi) is 2.96. The summed E-state index contributed by atoms with van der Waals surface area (Å²) >= 11 is 0. The zero-order valence-corrected chi connectivity index (χ0v) is 10.6. The fraction of sp³-hybridized carbons (Fsp3) is 0.471. The van der Waals surface area contributed by atoms with Crippen molar-refractivity contribution in [2.24, 2.45) is 5.92 Å². The molecule has 2 aliphatic carbocycles. The maximum absolute atomic E-state index is 12.4. The molecule has 0 amide bonds. The second-order valence-corrected chi connectivity index (χ2v) is 5.45. The lowest BCUT2D eigenvalue weighted by atomic mass is 9.69. The van der Waals surface area contributed by atoms with E-state index in [0.29, 0.717) is 18.1 Å². The molecule has 2 aliphatic rings. The molecule has 1 aromatic rings. The van der Waals surface area contributed by atoms with E-state index in [1.54, 1.807) is 0 Å². The standard InChI is InChI=1S/C17H18O/c18-16-8-4-5-12-17(16,13-11-14-9-10-14)15-6-2-1-3-7-15/h1-3,6-7,14H,4-5,8-10,12H2. The average molecular weight is 238 g/mol. The first-order valence-corrected chi connectivity index (χ1v) is 6.93. The molecule has 1 heteroatoms. The van der Waals surface area contributed by atoms with Gasteiger partial charge in [0.25, 0.3) is 0 Å². The SMILES string of the molecule is O=C1CCCCC1(C#CC1CC1)c1ccccc1. The molecule has 92 valence electrons. The van der Waals surface area contributed by atoms with Gasteiger partial charge in [0, 0.05) is 12.3 Å². The second kappa shape index (κ2) is 4.61. The van der Waals surface area contributed by atoms with Crippen molar-refractivity contribution in [1.29, 1.82) is 0 Å². The Morgan fingerprint density at radius 3 is 2.56 bits per heavy atom. The van der Waals surface area contributed by atoms with Crippen molar-refractivity contribution < 1.29 is 4.79 Å². The first-order chi connectivity index (χ1) is 8.81. The minimum absolute atomic E-state index is 0.327. The lowest BCUT2D eigenvalue weighted by Gasteiger charge is -2.31. The molecule has 0 aliphatic heterocycles. The zero-order valence-electron chi connectivity index (χ0n) is 10.6. The lowest BCUT2D eigenvalue weighted by Crippen LogP contribution is -2.37. The zero-order chi connectivity index (χ0) is 12.4. The molecule has 1 aromatic carbocycles. The quantitative estimate of drug-likeness (QED) is 0.685. The number of hydrogen-bond acceptors (Lipinski definition) is 1. The number of carbonyl (C=O) groups is 1. The molecule has 0 spiro atoms. The van der Waals surface area contributed by atoms with E-state index in [1.165, 1.54) is 12.8 Å². The number of benzene rings is 1. The second-order valence-electron chi connectivity index (χ2n) is 5.45. The van der Waals surface area contributed by atoms with Crippen molar-refractivity contribution in [1.82, 2.24) is 0 Å². The van der Waals surface area contributed by atoms with Gasteiger partial charge in [-0.15, -0.1) is 0 Å². The number of ketones is 1. The highest BCUT2D eigenvalue weighted by Crippen LogP contribution is 2.37. The van der Waals surface area contributed by atoms with Crippen LogP contribution >= 0.6 is 0 Å². The molecule has 0 saturated heterocycles. The van der Waals surface area contributed by atoms with Crippen molar-refractivity contribution >= 4 is 5.78 Å². The van der Waals surface area contributed by atoms with E-state index in [1.807, 2.05) is 18.2 Å². The molecule has 1 unspecified atom stereocenters. The highest BCUT2D eigenvalue weighted by molar-refractivity contribution is 5.94. The molecule has 1 nitrogen and oxygen atoms in total. The van der Waals surface area contributed by atoms with Crippen molar-refractivity contribution in [3.05, 3.63) is 35.9 Å². The minimum Gasteiger partial charge on any atom is -0.298 e. The van der Waals surface area contributed by atoms with Gasteiger partial charge in [-0.1, -0.05) is 48.6 Å². The molecule has 2 saturated carbocycles. The maximum atomic E-state index is 12.4. The molecule has 2 fully saturated rings. The summed E-state index contributed by atoms with van der Waals surface area (Å²) in [6, 6.07) is 10.1. The summed E-state index contributed by atoms with van der Waals surface area (Å²) in [4.78, 5) is 12.4. The molecular formula is C17H18O. The molecular weight excluding hydrogens is 220 g/mol. The number of rotatable bonds is 1. The van der Waals surface area contributed by atoms with E-state index in [9.17, 15) is 4.79 Å². The van der Waals surface area contributed by atoms with Gasteiger partial charge in [-0.05, 0) is 31.2 Å². The Bertz CT molecular complexity index is 501. The number of hydrogen-bond donors (Lipinski definition) is 0. The Hall–Kier alpha value is -1.55. The van der Waals surface area contributed by atoms with Crippen LogP contribution in [0.3, 0.4) is 0 Å². The first-order valence-electron chi connectivity index (χ1n) is 6.93. The van der Waals surface area contributed by atoms with Gasteiger partial charge in [-0.3, -0.25) is 4.79 Å². The van der Waals surface area contributed by atoms with Crippen LogP contribution in [0, 0.1) is 17.8 Å². The number of Topliss-reactive ketones (excluding diaryl/α,β-unsaturated/α-hetero) is 1. The summed E-state index contributed by atoms with van der Waals surface area (Å²) in [5.74, 6) is 7.57. The average Bonchev–Trinajstić information content (AvgIpc) is 3.23. The van der Waals surface area contributed by atoms with Crippen LogP contribution in [0.2, 0.25) is 0 Å². The largest absolute Gasteiger partial charge is 0.298 e. The van der Waals surface area contributed by atoms with Gasteiger partial charge in [-0.25, -0.2) is 0 Å². The van der Waals surface area contributed by atoms with Crippen molar-refractivity contribution in [2.75, 3.05) is 0 Å². The van der Waals surface area contributed by atoms with Gasteiger partial charge in [0.15, 0.2) is 5.78 Å². The molecule has 0 bridgehead atoms. The predicted octanol–water partition coefficient (Wildman–Crippen LogP) is 3.48. The summed E-state index contributed by atoms with van der Waals surface area (Å²) in [6.45, 7) is 0. The summed E-state index contributed by atoms with van der Waals surface area (Å²) < 4.78 is 0. The predicted molar refractivity (Wildman–Crippen MR) is 72.1 cm³/mol. The maximum Gasteiger partial charge on any atom is 0.155 e. The molecule has 1 atom stereocenters. The van der Waals surface area contributed by atoms with Crippen LogP contribution in [0.5, 0.6) is 0 Å². The van der Waals surface area contributed by atoms with Crippen molar-refractivity contribution in [3.8, 4) is 11.8 Å². The van der Waals surface area contributed by atoms with Crippen LogP contribution in [0.4, 0.5) is 0 Å². The third-order valence-electron chi connectivity index (χ3n) is 4.02. The third-order valence-corrected chi connectivity index (χ3v) is 4.02. The summed E-state index contributed by atoms with van der Waals surface area (Å²) in [6.07, 6.45) is 6.15. The molecule has 3 rings (SSSR count). The van der Waals surface area contributed by atoms with Gasteiger partial charge in [-0.2, -0.15) is 0 Å². The Morgan fingerprint density at radius 1 is 1.11 bits per heavy atom. The summed E-state index contributed by atoms with van der Waals surface area (Å²) in [7, 11) is 0. The summed E-state index contributed by atoms with van der Waals surface area (Å²) in [5, 5.41) is 0. The third kappa shape index (κ3) is 2.08. The van der Waals surface area contributed by atoms with E-state index in [-0.39, 0.29) is 0 Å². The Balaban J connectivity index is 2.02. The van der Waals surface area contributed by atoms with E-state index < -0.39 is 5.41 Å². The van der Waals surface area contributed by atoms with Crippen LogP contribution in [-0.2, 0) is 10.2 Å². The molecule has 0 radical (unpaired) electrons. The smallest absolute Gasteiger partial charge is 0.155 e. The van der Waals surface area contributed by atoms with Crippen LogP contribution < -0.4 is 0 Å². The van der Waals surface area contributed by atoms with E-state index in [2.05, 4.69) is 24.0 Å².